The van der Waals surface area contributed by atoms with Gasteiger partial charge in [-0.3, -0.25) is 29.0 Å². The zero-order valence-electron chi connectivity index (χ0n) is 13.2. The van der Waals surface area contributed by atoms with Gasteiger partial charge >= 0.3 is 0 Å². The molecule has 2 heterocycles. The number of fused-ring (bicyclic) bond motifs is 2. The average Bonchev–Trinajstić information content (AvgIpc) is 2.99. The van der Waals surface area contributed by atoms with Gasteiger partial charge in [0.05, 0.1) is 22.3 Å². The Kier molecular flexibility index (Phi) is 3.02. The Labute approximate surface area is 142 Å². The highest BCUT2D eigenvalue weighted by molar-refractivity contribution is 6.24. The Bertz CT molecular complexity index is 947. The Morgan fingerprint density at radius 3 is 1.68 bits per heavy atom. The van der Waals surface area contributed by atoms with Gasteiger partial charge in [0.15, 0.2) is 0 Å². The molecule has 2 aliphatic heterocycles. The number of hydrogen-bond acceptors (Lipinski definition) is 5. The zero-order chi connectivity index (χ0) is 17.9. The molecule has 2 aromatic carbocycles. The molecule has 1 atom stereocenters. The maximum atomic E-state index is 12.6. The third kappa shape index (κ3) is 1.92. The summed E-state index contributed by atoms with van der Waals surface area (Å²) in [5, 5.41) is 0. The molecular formula is C18H13N3O4. The van der Waals surface area contributed by atoms with Crippen molar-refractivity contribution in [2.24, 2.45) is 0 Å². The van der Waals surface area contributed by atoms with E-state index in [1.807, 2.05) is 0 Å². The van der Waals surface area contributed by atoms with Gasteiger partial charge in [0.2, 0.25) is 0 Å². The fourth-order valence-electron chi connectivity index (χ4n) is 3.28. The van der Waals surface area contributed by atoms with Crippen LogP contribution in [0.2, 0.25) is 0 Å². The molecule has 0 aliphatic carbocycles. The number of benzene rings is 2. The van der Waals surface area contributed by atoms with E-state index < -0.39 is 29.8 Å². The lowest BCUT2D eigenvalue weighted by atomic mass is 10.1. The number of nitrogens with two attached hydrogens (primary N) is 1. The summed E-state index contributed by atoms with van der Waals surface area (Å²) < 4.78 is 0. The van der Waals surface area contributed by atoms with Crippen LogP contribution in [0, 0.1) is 0 Å². The Morgan fingerprint density at radius 1 is 0.720 bits per heavy atom. The monoisotopic (exact) mass is 335 g/mol. The first kappa shape index (κ1) is 15.1. The molecule has 2 aliphatic rings. The molecule has 0 saturated carbocycles. The molecule has 0 fully saturated rings. The van der Waals surface area contributed by atoms with Crippen molar-refractivity contribution in [2.45, 2.75) is 13.1 Å². The van der Waals surface area contributed by atoms with Crippen LogP contribution in [0.25, 0.3) is 0 Å². The van der Waals surface area contributed by atoms with E-state index in [0.29, 0.717) is 5.69 Å². The van der Waals surface area contributed by atoms with Crippen molar-refractivity contribution in [3.8, 4) is 0 Å². The van der Waals surface area contributed by atoms with Crippen LogP contribution < -0.4 is 5.73 Å². The van der Waals surface area contributed by atoms with Gasteiger partial charge in [0.25, 0.3) is 23.6 Å². The predicted octanol–water partition coefficient (Wildman–Crippen LogP) is 1.51. The highest BCUT2D eigenvalue weighted by atomic mass is 16.2. The molecular weight excluding hydrogens is 322 g/mol. The van der Waals surface area contributed by atoms with Crippen LogP contribution in [-0.4, -0.2) is 39.6 Å². The smallest absolute Gasteiger partial charge is 0.263 e. The van der Waals surface area contributed by atoms with Crippen LogP contribution in [0.15, 0.2) is 42.5 Å². The summed E-state index contributed by atoms with van der Waals surface area (Å²) in [6, 6.07) is 10.8. The standard InChI is InChI=1S/C18H13N3O4/c1-9(20-15(22)11-4-2-3-5-12(11)16(20)23)21-17(24)13-7-6-10(19)8-14(13)18(21)25/h2-9H,19H2,1H3. The van der Waals surface area contributed by atoms with Gasteiger partial charge in [-0.25, -0.2) is 0 Å². The number of nitrogen functional groups attached to an aromatic ring is 1. The summed E-state index contributed by atoms with van der Waals surface area (Å²) in [6.45, 7) is 1.48. The van der Waals surface area contributed by atoms with Crippen molar-refractivity contribution >= 4 is 29.3 Å². The average molecular weight is 335 g/mol. The number of anilines is 1. The first-order chi connectivity index (χ1) is 11.9. The molecule has 7 nitrogen and oxygen atoms in total. The number of nitrogens with zero attached hydrogens (tertiary/aromatic N) is 2. The lowest BCUT2D eigenvalue weighted by Gasteiger charge is -2.29. The molecule has 1 unspecified atom stereocenters. The minimum Gasteiger partial charge on any atom is -0.399 e. The predicted molar refractivity (Wildman–Crippen MR) is 87.8 cm³/mol. The summed E-state index contributed by atoms with van der Waals surface area (Å²) in [7, 11) is 0. The number of hydrogen-bond donors (Lipinski definition) is 1. The molecule has 2 N–H and O–H groups in total. The van der Waals surface area contributed by atoms with Crippen molar-refractivity contribution in [1.29, 1.82) is 0 Å². The molecule has 0 aromatic heterocycles. The van der Waals surface area contributed by atoms with Crippen molar-refractivity contribution < 1.29 is 19.2 Å². The van der Waals surface area contributed by atoms with Crippen molar-refractivity contribution in [1.82, 2.24) is 9.80 Å². The van der Waals surface area contributed by atoms with E-state index in [-0.39, 0.29) is 22.3 Å². The maximum absolute atomic E-state index is 12.6. The first-order valence-electron chi connectivity index (χ1n) is 7.66. The zero-order valence-corrected chi connectivity index (χ0v) is 13.2. The van der Waals surface area contributed by atoms with Crippen LogP contribution in [0.1, 0.15) is 48.4 Å². The van der Waals surface area contributed by atoms with Gasteiger partial charge in [-0.1, -0.05) is 12.1 Å². The summed E-state index contributed by atoms with van der Waals surface area (Å²) in [4.78, 5) is 52.3. The van der Waals surface area contributed by atoms with E-state index in [4.69, 9.17) is 5.73 Å². The first-order valence-corrected chi connectivity index (χ1v) is 7.66. The third-order valence-corrected chi connectivity index (χ3v) is 4.51. The second kappa shape index (κ2) is 5.01. The van der Waals surface area contributed by atoms with Crippen LogP contribution in [0.5, 0.6) is 0 Å². The highest BCUT2D eigenvalue weighted by Crippen LogP contribution is 2.31. The van der Waals surface area contributed by atoms with E-state index >= 15 is 0 Å². The molecule has 4 rings (SSSR count). The van der Waals surface area contributed by atoms with Gasteiger partial charge in [-0.05, 0) is 37.3 Å². The number of imide groups is 2. The molecule has 124 valence electrons. The van der Waals surface area contributed by atoms with Gasteiger partial charge in [-0.15, -0.1) is 0 Å². The van der Waals surface area contributed by atoms with Crippen LogP contribution >= 0.6 is 0 Å². The summed E-state index contributed by atoms with van der Waals surface area (Å²) in [5.74, 6) is -2.17. The molecule has 0 saturated heterocycles. The number of amides is 4. The van der Waals surface area contributed by atoms with Crippen LogP contribution in [-0.2, 0) is 0 Å². The summed E-state index contributed by atoms with van der Waals surface area (Å²) in [5.41, 5.74) is 6.95. The molecule has 0 radical (unpaired) electrons. The molecule has 0 spiro atoms. The second-order valence-electron chi connectivity index (χ2n) is 5.94. The molecule has 0 bridgehead atoms. The summed E-state index contributed by atoms with van der Waals surface area (Å²) in [6.07, 6.45) is -1.04. The van der Waals surface area contributed by atoms with Crippen molar-refractivity contribution in [2.75, 3.05) is 5.73 Å². The number of rotatable bonds is 2. The minimum atomic E-state index is -1.04. The summed E-state index contributed by atoms with van der Waals surface area (Å²) >= 11 is 0. The lowest BCUT2D eigenvalue weighted by Crippen LogP contribution is -2.51. The SMILES string of the molecule is CC(N1C(=O)c2ccccc2C1=O)N1C(=O)c2ccc(N)cc2C1=O. The second-order valence-corrected chi connectivity index (χ2v) is 5.94. The van der Waals surface area contributed by atoms with Gasteiger partial charge in [-0.2, -0.15) is 0 Å². The van der Waals surface area contributed by atoms with Gasteiger partial charge in [0, 0.05) is 5.69 Å². The van der Waals surface area contributed by atoms with E-state index in [2.05, 4.69) is 0 Å². The van der Waals surface area contributed by atoms with Crippen LogP contribution in [0.3, 0.4) is 0 Å². The topological polar surface area (TPSA) is 101 Å². The van der Waals surface area contributed by atoms with Crippen LogP contribution in [0.4, 0.5) is 5.69 Å². The molecule has 2 aromatic rings. The molecule has 25 heavy (non-hydrogen) atoms. The van der Waals surface area contributed by atoms with Crippen molar-refractivity contribution in [3.05, 3.63) is 64.7 Å². The third-order valence-electron chi connectivity index (χ3n) is 4.51. The largest absolute Gasteiger partial charge is 0.399 e. The molecule has 4 amide bonds. The quantitative estimate of drug-likeness (QED) is 0.662. The van der Waals surface area contributed by atoms with E-state index in [1.165, 1.54) is 25.1 Å². The van der Waals surface area contributed by atoms with E-state index in [1.54, 1.807) is 24.3 Å². The highest BCUT2D eigenvalue weighted by Gasteiger charge is 2.46. The molecule has 7 heteroatoms. The fourth-order valence-corrected chi connectivity index (χ4v) is 3.28. The van der Waals surface area contributed by atoms with E-state index in [9.17, 15) is 19.2 Å². The number of carbonyl (C=O) groups excluding carboxylic acids is 4. The fraction of sp³-hybridized carbons (Fsp3) is 0.111. The Hall–Kier alpha value is -3.48. The minimum absolute atomic E-state index is 0.174. The number of carbonyl (C=O) groups is 4. The van der Waals surface area contributed by atoms with Gasteiger partial charge < -0.3 is 5.73 Å². The Balaban J connectivity index is 1.73. The lowest BCUT2D eigenvalue weighted by molar-refractivity contribution is 0.0323. The maximum Gasteiger partial charge on any atom is 0.263 e. The van der Waals surface area contributed by atoms with E-state index in [0.717, 1.165) is 9.80 Å². The Morgan fingerprint density at radius 2 is 1.16 bits per heavy atom. The van der Waals surface area contributed by atoms with Crippen molar-refractivity contribution in [3.63, 3.8) is 0 Å². The normalized spacial score (nSPS) is 17.2. The van der Waals surface area contributed by atoms with Gasteiger partial charge in [0.1, 0.15) is 6.17 Å².